The van der Waals surface area contributed by atoms with Crippen molar-refractivity contribution in [3.8, 4) is 0 Å². The van der Waals surface area contributed by atoms with E-state index in [4.69, 9.17) is 4.74 Å². The first kappa shape index (κ1) is 21.4. The molecule has 2 rings (SSSR count). The van der Waals surface area contributed by atoms with Gasteiger partial charge in [0.25, 0.3) is 0 Å². The average Bonchev–Trinajstić information content (AvgIpc) is 3.00. The number of aryl methyl sites for hydroxylation is 2. The number of nitrogens with one attached hydrogen (secondary N) is 2. The molecule has 0 saturated carbocycles. The fraction of sp³-hybridized carbons (Fsp3) is 0.524. The number of nitrogens with zero attached hydrogens (tertiary/aromatic N) is 2. The predicted molar refractivity (Wildman–Crippen MR) is 115 cm³/mol. The van der Waals surface area contributed by atoms with Gasteiger partial charge in [0.05, 0.1) is 17.3 Å². The van der Waals surface area contributed by atoms with E-state index < -0.39 is 0 Å². The molecule has 1 heterocycles. The molecule has 0 spiro atoms. The second-order valence-electron chi connectivity index (χ2n) is 6.48. The molecule has 1 aromatic carbocycles. The number of guanidine groups is 1. The van der Waals surface area contributed by atoms with Crippen LogP contribution in [0.5, 0.6) is 0 Å². The Kier molecular flexibility index (Phi) is 9.87. The Morgan fingerprint density at radius 2 is 1.81 bits per heavy atom. The first-order chi connectivity index (χ1) is 13.2. The number of hydrogen-bond donors (Lipinski definition) is 2. The third kappa shape index (κ3) is 8.54. The van der Waals surface area contributed by atoms with Crippen molar-refractivity contribution in [1.82, 2.24) is 15.6 Å². The lowest BCUT2D eigenvalue weighted by molar-refractivity contribution is 0.133. The molecule has 0 unspecified atom stereocenters. The van der Waals surface area contributed by atoms with Crippen LogP contribution in [0.1, 0.15) is 34.0 Å². The van der Waals surface area contributed by atoms with Crippen molar-refractivity contribution in [2.45, 2.75) is 39.5 Å². The molecule has 1 aromatic heterocycles. The Hall–Kier alpha value is -1.92. The molecule has 27 heavy (non-hydrogen) atoms. The second-order valence-corrected chi connectivity index (χ2v) is 7.77. The third-order valence-corrected chi connectivity index (χ3v) is 5.45. The lowest BCUT2D eigenvalue weighted by Crippen LogP contribution is -2.38. The van der Waals surface area contributed by atoms with E-state index in [9.17, 15) is 0 Å². The quantitative estimate of drug-likeness (QED) is 0.351. The maximum Gasteiger partial charge on any atom is 0.190 e. The molecule has 148 valence electrons. The number of unbranched alkanes of at least 4 members (excludes halogenated alkanes) is 1. The largest absolute Gasteiger partial charge is 0.381 e. The highest BCUT2D eigenvalue weighted by molar-refractivity contribution is 7.11. The van der Waals surface area contributed by atoms with Gasteiger partial charge in [0.15, 0.2) is 5.96 Å². The molecule has 0 amide bonds. The lowest BCUT2D eigenvalue weighted by atomic mass is 10.2. The number of ether oxygens (including phenoxy) is 1. The van der Waals surface area contributed by atoms with Crippen LogP contribution in [0.15, 0.2) is 35.3 Å². The van der Waals surface area contributed by atoms with E-state index in [0.717, 1.165) is 63.6 Å². The standard InChI is InChI=1S/C21H32N4OS/c1-17-18(2)27-20(25-17)11-14-24-21(22-3)23-13-7-8-15-26-16-12-19-9-5-4-6-10-19/h4-6,9-10H,7-8,11-16H2,1-3H3,(H2,22,23,24). The van der Waals surface area contributed by atoms with Crippen molar-refractivity contribution >= 4 is 17.3 Å². The third-order valence-electron chi connectivity index (χ3n) is 4.31. The zero-order chi connectivity index (χ0) is 19.3. The van der Waals surface area contributed by atoms with Crippen LogP contribution in [-0.4, -0.2) is 44.3 Å². The summed E-state index contributed by atoms with van der Waals surface area (Å²) < 4.78 is 5.72. The van der Waals surface area contributed by atoms with Gasteiger partial charge in [-0.05, 0) is 38.7 Å². The molecule has 0 aliphatic carbocycles. The molecule has 0 aliphatic rings. The number of thiazole rings is 1. The minimum absolute atomic E-state index is 0.788. The predicted octanol–water partition coefficient (Wildman–Crippen LogP) is 3.51. The smallest absolute Gasteiger partial charge is 0.190 e. The van der Waals surface area contributed by atoms with Crippen molar-refractivity contribution in [3.63, 3.8) is 0 Å². The molecule has 0 atom stereocenters. The van der Waals surface area contributed by atoms with Gasteiger partial charge in [0, 0.05) is 38.0 Å². The number of benzene rings is 1. The number of aliphatic imine (C=N–C) groups is 1. The Labute approximate surface area is 167 Å². The van der Waals surface area contributed by atoms with Crippen molar-refractivity contribution in [2.75, 3.05) is 33.4 Å². The molecule has 0 saturated heterocycles. The zero-order valence-electron chi connectivity index (χ0n) is 16.8. The van der Waals surface area contributed by atoms with E-state index >= 15 is 0 Å². The molecule has 2 aromatic rings. The molecule has 0 bridgehead atoms. The van der Waals surface area contributed by atoms with Crippen molar-refractivity contribution in [1.29, 1.82) is 0 Å². The summed E-state index contributed by atoms with van der Waals surface area (Å²) in [5.41, 5.74) is 2.47. The Balaban J connectivity index is 1.47. The van der Waals surface area contributed by atoms with Gasteiger partial charge in [-0.3, -0.25) is 4.99 Å². The zero-order valence-corrected chi connectivity index (χ0v) is 17.6. The molecule has 2 N–H and O–H groups in total. The second kappa shape index (κ2) is 12.5. The Bertz CT molecular complexity index is 665. The Morgan fingerprint density at radius 1 is 1.04 bits per heavy atom. The topological polar surface area (TPSA) is 58.5 Å². The van der Waals surface area contributed by atoms with Crippen LogP contribution in [0.2, 0.25) is 0 Å². The van der Waals surface area contributed by atoms with Crippen LogP contribution in [0.3, 0.4) is 0 Å². The van der Waals surface area contributed by atoms with Crippen molar-refractivity contribution in [2.24, 2.45) is 4.99 Å². The van der Waals surface area contributed by atoms with Gasteiger partial charge in [-0.1, -0.05) is 30.3 Å². The lowest BCUT2D eigenvalue weighted by Gasteiger charge is -2.11. The molecule has 0 radical (unpaired) electrons. The molecular weight excluding hydrogens is 356 g/mol. The van der Waals surface area contributed by atoms with E-state index in [-0.39, 0.29) is 0 Å². The molecule has 0 fully saturated rings. The summed E-state index contributed by atoms with van der Waals surface area (Å²) in [7, 11) is 1.81. The van der Waals surface area contributed by atoms with Crippen molar-refractivity contribution in [3.05, 3.63) is 51.5 Å². The van der Waals surface area contributed by atoms with Gasteiger partial charge in [0.2, 0.25) is 0 Å². The van der Waals surface area contributed by atoms with Gasteiger partial charge in [-0.15, -0.1) is 11.3 Å². The molecule has 5 nitrogen and oxygen atoms in total. The average molecular weight is 389 g/mol. The van der Waals surface area contributed by atoms with E-state index in [2.05, 4.69) is 58.7 Å². The van der Waals surface area contributed by atoms with Crippen LogP contribution in [0.4, 0.5) is 0 Å². The van der Waals surface area contributed by atoms with Gasteiger partial charge in [-0.2, -0.15) is 0 Å². The Morgan fingerprint density at radius 3 is 2.52 bits per heavy atom. The maximum absolute atomic E-state index is 5.72. The summed E-state index contributed by atoms with van der Waals surface area (Å²) >= 11 is 1.78. The van der Waals surface area contributed by atoms with Crippen LogP contribution >= 0.6 is 11.3 Å². The van der Waals surface area contributed by atoms with Gasteiger partial charge in [-0.25, -0.2) is 4.98 Å². The molecular formula is C21H32N4OS. The minimum Gasteiger partial charge on any atom is -0.381 e. The van der Waals surface area contributed by atoms with Crippen LogP contribution < -0.4 is 10.6 Å². The summed E-state index contributed by atoms with van der Waals surface area (Å²) in [5, 5.41) is 7.89. The summed E-state index contributed by atoms with van der Waals surface area (Å²) in [4.78, 5) is 10.1. The highest BCUT2D eigenvalue weighted by Gasteiger charge is 2.04. The summed E-state index contributed by atoms with van der Waals surface area (Å²) in [5.74, 6) is 0.852. The van der Waals surface area contributed by atoms with E-state index in [0.29, 0.717) is 0 Å². The van der Waals surface area contributed by atoms with Gasteiger partial charge < -0.3 is 15.4 Å². The van der Waals surface area contributed by atoms with E-state index in [1.165, 1.54) is 15.4 Å². The SMILES string of the molecule is CN=C(NCCCCOCCc1ccccc1)NCCc1nc(C)c(C)s1. The summed E-state index contributed by atoms with van der Waals surface area (Å²) in [6.07, 6.45) is 4.02. The minimum atomic E-state index is 0.788. The van der Waals surface area contributed by atoms with Gasteiger partial charge in [0.1, 0.15) is 0 Å². The molecule has 0 aliphatic heterocycles. The maximum atomic E-state index is 5.72. The van der Waals surface area contributed by atoms with Crippen LogP contribution in [0.25, 0.3) is 0 Å². The first-order valence-electron chi connectivity index (χ1n) is 9.68. The highest BCUT2D eigenvalue weighted by Crippen LogP contribution is 2.16. The fourth-order valence-corrected chi connectivity index (χ4v) is 3.56. The van der Waals surface area contributed by atoms with Gasteiger partial charge >= 0.3 is 0 Å². The summed E-state index contributed by atoms with van der Waals surface area (Å²) in [6.45, 7) is 7.52. The summed E-state index contributed by atoms with van der Waals surface area (Å²) in [6, 6.07) is 10.5. The van der Waals surface area contributed by atoms with E-state index in [1.54, 1.807) is 18.4 Å². The number of rotatable bonds is 11. The first-order valence-corrected chi connectivity index (χ1v) is 10.5. The highest BCUT2D eigenvalue weighted by atomic mass is 32.1. The van der Waals surface area contributed by atoms with Crippen molar-refractivity contribution < 1.29 is 4.74 Å². The normalized spacial score (nSPS) is 11.6. The number of hydrogen-bond acceptors (Lipinski definition) is 4. The van der Waals surface area contributed by atoms with Crippen LogP contribution in [-0.2, 0) is 17.6 Å². The monoisotopic (exact) mass is 388 g/mol. The molecule has 6 heteroatoms. The fourth-order valence-electron chi connectivity index (χ4n) is 2.63. The van der Waals surface area contributed by atoms with E-state index in [1.807, 2.05) is 6.07 Å². The van der Waals surface area contributed by atoms with Crippen LogP contribution in [0, 0.1) is 13.8 Å². The number of aromatic nitrogens is 1.